The molecule has 1 unspecified atom stereocenters. The molecule has 116 valence electrons. The van der Waals surface area contributed by atoms with E-state index in [-0.39, 0.29) is 11.9 Å². The molecule has 1 atom stereocenters. The smallest absolute Gasteiger partial charge is 0.305 e. The van der Waals surface area contributed by atoms with Crippen LogP contribution in [0.15, 0.2) is 5.38 Å². The average Bonchev–Trinajstić information content (AvgIpc) is 3.09. The van der Waals surface area contributed by atoms with Gasteiger partial charge in [-0.25, -0.2) is 4.98 Å². The summed E-state index contributed by atoms with van der Waals surface area (Å²) in [6.45, 7) is 2.43. The van der Waals surface area contributed by atoms with Gasteiger partial charge in [0.2, 0.25) is 0 Å². The molecule has 1 fully saturated rings. The van der Waals surface area contributed by atoms with Crippen LogP contribution in [0.2, 0.25) is 0 Å². The molecule has 0 aliphatic carbocycles. The Labute approximate surface area is 127 Å². The number of rotatable bonds is 6. The Balaban J connectivity index is 1.82. The van der Waals surface area contributed by atoms with Crippen molar-refractivity contribution in [2.75, 3.05) is 19.0 Å². The first-order valence-corrected chi connectivity index (χ1v) is 7.88. The van der Waals surface area contributed by atoms with E-state index in [0.29, 0.717) is 31.0 Å². The summed E-state index contributed by atoms with van der Waals surface area (Å²) in [6, 6.07) is 0. The van der Waals surface area contributed by atoms with E-state index in [0.717, 1.165) is 18.5 Å². The van der Waals surface area contributed by atoms with Crippen molar-refractivity contribution in [1.29, 1.82) is 0 Å². The molecule has 1 aliphatic heterocycles. The van der Waals surface area contributed by atoms with Gasteiger partial charge in [0.25, 0.3) is 5.91 Å². The van der Waals surface area contributed by atoms with Crippen LogP contribution in [0.1, 0.15) is 38.3 Å². The highest BCUT2D eigenvalue weighted by molar-refractivity contribution is 7.13. The van der Waals surface area contributed by atoms with E-state index < -0.39 is 5.60 Å². The van der Waals surface area contributed by atoms with Crippen LogP contribution in [0, 0.1) is 0 Å². The van der Waals surface area contributed by atoms with Crippen LogP contribution in [0.4, 0.5) is 5.13 Å². The van der Waals surface area contributed by atoms with Crippen LogP contribution in [0.5, 0.6) is 0 Å². The number of esters is 1. The van der Waals surface area contributed by atoms with Crippen molar-refractivity contribution in [3.63, 3.8) is 0 Å². The molecule has 21 heavy (non-hydrogen) atoms. The molecular formula is C14H20N2O4S. The van der Waals surface area contributed by atoms with Crippen LogP contribution < -0.4 is 5.32 Å². The average molecular weight is 312 g/mol. The zero-order chi connectivity index (χ0) is 15.3. The summed E-state index contributed by atoms with van der Waals surface area (Å²) in [5, 5.41) is 5.27. The zero-order valence-electron chi connectivity index (χ0n) is 12.3. The maximum absolute atomic E-state index is 12.2. The third kappa shape index (κ3) is 4.25. The van der Waals surface area contributed by atoms with Gasteiger partial charge in [0.15, 0.2) is 5.13 Å². The lowest BCUT2D eigenvalue weighted by Crippen LogP contribution is -2.39. The maximum atomic E-state index is 12.2. The Morgan fingerprint density at radius 1 is 1.57 bits per heavy atom. The number of nitrogens with zero attached hydrogens (tertiary/aromatic N) is 1. The molecule has 0 bridgehead atoms. The number of carbonyl (C=O) groups is 2. The molecule has 1 aromatic rings. The minimum atomic E-state index is -0.739. The predicted octanol–water partition coefficient (Wildman–Crippen LogP) is 2.15. The van der Waals surface area contributed by atoms with Crippen molar-refractivity contribution in [2.45, 2.75) is 44.6 Å². The molecule has 0 spiro atoms. The van der Waals surface area contributed by atoms with E-state index in [2.05, 4.69) is 15.0 Å². The summed E-state index contributed by atoms with van der Waals surface area (Å²) < 4.78 is 10.1. The molecule has 1 N–H and O–H groups in total. The number of hydrogen-bond donors (Lipinski definition) is 1. The topological polar surface area (TPSA) is 77.5 Å². The van der Waals surface area contributed by atoms with Crippen molar-refractivity contribution >= 4 is 28.3 Å². The number of methoxy groups -OCH3 is 1. The molecule has 0 saturated carbocycles. The highest BCUT2D eigenvalue weighted by Crippen LogP contribution is 2.27. The predicted molar refractivity (Wildman–Crippen MR) is 79.3 cm³/mol. The number of carbonyl (C=O) groups excluding carboxylic acids is 2. The second-order valence-electron chi connectivity index (χ2n) is 5.21. The molecular weight excluding hydrogens is 292 g/mol. The number of ether oxygens (including phenoxy) is 2. The first-order valence-electron chi connectivity index (χ1n) is 7.00. The maximum Gasteiger partial charge on any atom is 0.305 e. The minimum Gasteiger partial charge on any atom is -0.469 e. The second-order valence-corrected chi connectivity index (χ2v) is 6.07. The molecule has 2 rings (SSSR count). The van der Waals surface area contributed by atoms with Gasteiger partial charge in [0.1, 0.15) is 5.60 Å². The number of nitrogens with one attached hydrogen (secondary N) is 1. The van der Waals surface area contributed by atoms with Crippen LogP contribution in [0.3, 0.4) is 0 Å². The number of thiazole rings is 1. The quantitative estimate of drug-likeness (QED) is 0.814. The normalized spacial score (nSPS) is 21.2. The first kappa shape index (κ1) is 15.9. The lowest BCUT2D eigenvalue weighted by atomic mass is 10.0. The largest absolute Gasteiger partial charge is 0.469 e. The van der Waals surface area contributed by atoms with Gasteiger partial charge in [-0.1, -0.05) is 0 Å². The summed E-state index contributed by atoms with van der Waals surface area (Å²) in [4.78, 5) is 27.5. The summed E-state index contributed by atoms with van der Waals surface area (Å²) in [5.41, 5.74) is 0.133. The van der Waals surface area contributed by atoms with Crippen LogP contribution in [-0.2, 0) is 25.5 Å². The highest BCUT2D eigenvalue weighted by atomic mass is 32.1. The lowest BCUT2D eigenvalue weighted by molar-refractivity contribution is -0.140. The third-order valence-corrected chi connectivity index (χ3v) is 4.32. The van der Waals surface area contributed by atoms with E-state index in [1.54, 1.807) is 6.92 Å². The molecule has 0 radical (unpaired) electrons. The van der Waals surface area contributed by atoms with Crippen molar-refractivity contribution in [3.05, 3.63) is 11.1 Å². The number of hydrogen-bond acceptors (Lipinski definition) is 6. The van der Waals surface area contributed by atoms with Crippen molar-refractivity contribution in [3.8, 4) is 0 Å². The summed E-state index contributed by atoms with van der Waals surface area (Å²) in [7, 11) is 1.38. The first-order chi connectivity index (χ1) is 10.0. The van der Waals surface area contributed by atoms with Gasteiger partial charge in [-0.05, 0) is 32.6 Å². The molecule has 2 heterocycles. The molecule has 1 aromatic heterocycles. The monoisotopic (exact) mass is 312 g/mol. The van der Waals surface area contributed by atoms with Gasteiger partial charge in [-0.15, -0.1) is 11.3 Å². The Morgan fingerprint density at radius 3 is 3.05 bits per heavy atom. The van der Waals surface area contributed by atoms with Gasteiger partial charge in [-0.2, -0.15) is 0 Å². The van der Waals surface area contributed by atoms with Crippen LogP contribution in [0.25, 0.3) is 0 Å². The molecule has 0 aromatic carbocycles. The fourth-order valence-electron chi connectivity index (χ4n) is 2.18. The second kappa shape index (κ2) is 7.00. The van der Waals surface area contributed by atoms with Crippen molar-refractivity contribution in [1.82, 2.24) is 4.98 Å². The SMILES string of the molecule is COC(=O)CCCc1csc(NC(=O)C2(C)CCCO2)n1. The number of aromatic nitrogens is 1. The van der Waals surface area contributed by atoms with E-state index >= 15 is 0 Å². The lowest BCUT2D eigenvalue weighted by Gasteiger charge is -2.20. The zero-order valence-corrected chi connectivity index (χ0v) is 13.1. The van der Waals surface area contributed by atoms with E-state index in [1.165, 1.54) is 18.4 Å². The summed E-state index contributed by atoms with van der Waals surface area (Å²) >= 11 is 1.39. The van der Waals surface area contributed by atoms with Gasteiger partial charge in [0.05, 0.1) is 12.8 Å². The molecule has 7 heteroatoms. The fourth-order valence-corrected chi connectivity index (χ4v) is 2.92. The standard InChI is InChI=1S/C14H20N2O4S/c1-14(7-4-8-20-14)12(18)16-13-15-10(9-21-13)5-3-6-11(17)19-2/h9H,3-8H2,1-2H3,(H,15,16,18). The van der Waals surface area contributed by atoms with Gasteiger partial charge in [0, 0.05) is 18.4 Å². The molecule has 1 saturated heterocycles. The van der Waals surface area contributed by atoms with Crippen molar-refractivity contribution in [2.24, 2.45) is 0 Å². The summed E-state index contributed by atoms with van der Waals surface area (Å²) in [6.07, 6.45) is 3.39. The number of anilines is 1. The van der Waals surface area contributed by atoms with E-state index in [4.69, 9.17) is 4.74 Å². The Morgan fingerprint density at radius 2 is 2.38 bits per heavy atom. The minimum absolute atomic E-state index is 0.143. The Bertz CT molecular complexity index is 509. The van der Waals surface area contributed by atoms with Crippen LogP contribution >= 0.6 is 11.3 Å². The highest BCUT2D eigenvalue weighted by Gasteiger charge is 2.38. The van der Waals surface area contributed by atoms with E-state index in [1.807, 2.05) is 5.38 Å². The Hall–Kier alpha value is -1.47. The summed E-state index contributed by atoms with van der Waals surface area (Å²) in [5.74, 6) is -0.361. The number of aryl methyl sites for hydroxylation is 1. The number of amides is 1. The van der Waals surface area contributed by atoms with Gasteiger partial charge >= 0.3 is 5.97 Å². The van der Waals surface area contributed by atoms with Gasteiger partial charge in [-0.3, -0.25) is 14.9 Å². The molecule has 1 aliphatic rings. The third-order valence-electron chi connectivity index (χ3n) is 3.51. The van der Waals surface area contributed by atoms with Gasteiger partial charge < -0.3 is 9.47 Å². The fraction of sp³-hybridized carbons (Fsp3) is 0.643. The van der Waals surface area contributed by atoms with E-state index in [9.17, 15) is 9.59 Å². The molecule has 1 amide bonds. The Kier molecular flexibility index (Phi) is 5.30. The molecule has 6 nitrogen and oxygen atoms in total. The van der Waals surface area contributed by atoms with Crippen molar-refractivity contribution < 1.29 is 19.1 Å². The van der Waals surface area contributed by atoms with Crippen LogP contribution in [-0.4, -0.2) is 36.2 Å².